The lowest BCUT2D eigenvalue weighted by atomic mass is 9.95. The van der Waals surface area contributed by atoms with Crippen LogP contribution in [0.5, 0.6) is 0 Å². The van der Waals surface area contributed by atoms with E-state index in [2.05, 4.69) is 17.2 Å². The number of rotatable bonds is 1. The molecule has 1 aliphatic heterocycles. The molecule has 0 amide bonds. The van der Waals surface area contributed by atoms with Gasteiger partial charge in [0.05, 0.1) is 6.04 Å². The molecule has 1 rings (SSSR count). The van der Waals surface area contributed by atoms with Crippen molar-refractivity contribution in [2.24, 2.45) is 10.9 Å². The molecule has 4 nitrogen and oxygen atoms in total. The summed E-state index contributed by atoms with van der Waals surface area (Å²) in [6, 6.07) is 0.0635. The van der Waals surface area contributed by atoms with Crippen LogP contribution in [0.3, 0.4) is 0 Å². The van der Waals surface area contributed by atoms with Gasteiger partial charge in [0, 0.05) is 12.1 Å². The third-order valence-electron chi connectivity index (χ3n) is 2.45. The Bertz CT molecular complexity index is 233. The van der Waals surface area contributed by atoms with Gasteiger partial charge in [0.15, 0.2) is 0 Å². The van der Waals surface area contributed by atoms with E-state index in [0.29, 0.717) is 5.92 Å². The summed E-state index contributed by atoms with van der Waals surface area (Å²) < 4.78 is 5.16. The first-order chi connectivity index (χ1) is 6.88. The van der Waals surface area contributed by atoms with Crippen molar-refractivity contribution < 1.29 is 9.84 Å². The Morgan fingerprint density at radius 2 is 2.13 bits per heavy atom. The highest BCUT2D eigenvalue weighted by molar-refractivity contribution is 5.62. The van der Waals surface area contributed by atoms with Crippen LogP contribution in [0, 0.1) is 5.92 Å². The van der Waals surface area contributed by atoms with Crippen LogP contribution in [0.25, 0.3) is 0 Å². The third-order valence-corrected chi connectivity index (χ3v) is 2.45. The molecule has 0 aliphatic carbocycles. The Morgan fingerprint density at radius 1 is 1.47 bits per heavy atom. The highest BCUT2D eigenvalue weighted by Crippen LogP contribution is 2.15. The largest absolute Gasteiger partial charge is 0.595 e. The van der Waals surface area contributed by atoms with E-state index in [1.54, 1.807) is 0 Å². The lowest BCUT2D eigenvalue weighted by molar-refractivity contribution is -0.261. The van der Waals surface area contributed by atoms with E-state index < -0.39 is 11.7 Å². The highest BCUT2D eigenvalue weighted by atomic mass is 16.6. The van der Waals surface area contributed by atoms with Crippen molar-refractivity contribution in [3.05, 3.63) is 0 Å². The van der Waals surface area contributed by atoms with Gasteiger partial charge in [-0.25, -0.2) is 0 Å². The van der Waals surface area contributed by atoms with Crippen molar-refractivity contribution >= 4 is 6.08 Å². The van der Waals surface area contributed by atoms with Gasteiger partial charge >= 0.3 is 0 Å². The molecule has 88 valence electrons. The van der Waals surface area contributed by atoms with Crippen molar-refractivity contribution in [1.29, 1.82) is 0 Å². The second kappa shape index (κ2) is 4.84. The summed E-state index contributed by atoms with van der Waals surface area (Å²) in [5, 5.41) is 14.7. The maximum atomic E-state index is 11.5. The fourth-order valence-electron chi connectivity index (χ4n) is 1.57. The van der Waals surface area contributed by atoms with E-state index in [1.165, 1.54) is 0 Å². The van der Waals surface area contributed by atoms with Crippen LogP contribution in [0.1, 0.15) is 34.1 Å². The molecule has 0 spiro atoms. The molecule has 0 radical (unpaired) electrons. The van der Waals surface area contributed by atoms with Crippen LogP contribution in [-0.2, 0) is 4.74 Å². The number of piperidine rings is 1. The standard InChI is InChI=1S/C11H22N2O2/c1-8-5-6-12-7-9(8)13-10(14)15-11(2,3)4/h8-9,12H,5-7H2,1-4H3,(H,13,14)/p-1/t8-,9+/m0/s1. The number of hydrogen-bond donors (Lipinski definition) is 1. The van der Waals surface area contributed by atoms with Gasteiger partial charge < -0.3 is 15.2 Å². The van der Waals surface area contributed by atoms with Gasteiger partial charge in [-0.2, -0.15) is 0 Å². The Hall–Kier alpha value is -0.770. The summed E-state index contributed by atoms with van der Waals surface area (Å²) in [5.41, 5.74) is -0.452. The van der Waals surface area contributed by atoms with Crippen molar-refractivity contribution in [2.45, 2.75) is 45.8 Å². The second-order valence-corrected chi connectivity index (χ2v) is 5.15. The minimum Gasteiger partial charge on any atom is -0.595 e. The molecule has 1 aliphatic rings. The number of nitrogens with one attached hydrogen (secondary N) is 1. The highest BCUT2D eigenvalue weighted by Gasteiger charge is 2.20. The van der Waals surface area contributed by atoms with E-state index in [0.717, 1.165) is 19.5 Å². The lowest BCUT2D eigenvalue weighted by Gasteiger charge is -2.32. The van der Waals surface area contributed by atoms with Crippen molar-refractivity contribution in [1.82, 2.24) is 5.32 Å². The Balaban J connectivity index is 2.53. The second-order valence-electron chi connectivity index (χ2n) is 5.15. The molecule has 1 fully saturated rings. The molecular formula is C11H21N2O2-. The van der Waals surface area contributed by atoms with E-state index in [9.17, 15) is 5.11 Å². The number of ether oxygens (including phenoxy) is 1. The zero-order valence-electron chi connectivity index (χ0n) is 10.0. The first-order valence-electron chi connectivity index (χ1n) is 5.53. The molecule has 0 bridgehead atoms. The molecular weight excluding hydrogens is 192 g/mol. The van der Waals surface area contributed by atoms with Crippen LogP contribution in [0.2, 0.25) is 0 Å². The predicted molar refractivity (Wildman–Crippen MR) is 58.7 cm³/mol. The van der Waals surface area contributed by atoms with Gasteiger partial charge in [0.2, 0.25) is 0 Å². The molecule has 15 heavy (non-hydrogen) atoms. The molecule has 0 saturated carbocycles. The molecule has 1 heterocycles. The first-order valence-corrected chi connectivity index (χ1v) is 5.53. The number of nitrogens with zero attached hydrogens (tertiary/aromatic N) is 1. The summed E-state index contributed by atoms with van der Waals surface area (Å²) in [5.74, 6) is 0.457. The summed E-state index contributed by atoms with van der Waals surface area (Å²) in [6.45, 7) is 9.47. The molecule has 0 aromatic heterocycles. The molecule has 0 aromatic rings. The maximum Gasteiger partial charge on any atom is 0.146 e. The van der Waals surface area contributed by atoms with Crippen molar-refractivity contribution in [3.8, 4) is 0 Å². The molecule has 4 heteroatoms. The Morgan fingerprint density at radius 3 is 2.67 bits per heavy atom. The fraction of sp³-hybridized carbons (Fsp3) is 0.909. The van der Waals surface area contributed by atoms with Gasteiger partial charge in [0.25, 0.3) is 0 Å². The molecule has 1 N–H and O–H groups in total. The van der Waals surface area contributed by atoms with Crippen LogP contribution in [0.15, 0.2) is 4.99 Å². The normalized spacial score (nSPS) is 28.9. The monoisotopic (exact) mass is 213 g/mol. The molecule has 1 saturated heterocycles. The van der Waals surface area contributed by atoms with Gasteiger partial charge in [-0.1, -0.05) is 27.7 Å². The summed E-state index contributed by atoms with van der Waals surface area (Å²) in [4.78, 5) is 4.08. The summed E-state index contributed by atoms with van der Waals surface area (Å²) >= 11 is 0. The van der Waals surface area contributed by atoms with Gasteiger partial charge in [-0.15, -0.1) is 0 Å². The third kappa shape index (κ3) is 4.51. The summed E-state index contributed by atoms with van der Waals surface area (Å²) in [7, 11) is 0. The van der Waals surface area contributed by atoms with Crippen LogP contribution in [-0.4, -0.2) is 30.8 Å². The van der Waals surface area contributed by atoms with Gasteiger partial charge in [-0.05, 0) is 18.9 Å². The minimum atomic E-state index is -0.452. The quantitative estimate of drug-likeness (QED) is 0.510. The summed E-state index contributed by atoms with van der Waals surface area (Å²) in [6.07, 6.45) is 0.625. The average Bonchev–Trinajstić information content (AvgIpc) is 2.05. The van der Waals surface area contributed by atoms with E-state index in [4.69, 9.17) is 4.74 Å². The predicted octanol–water partition coefficient (Wildman–Crippen LogP) is 0.516. The molecule has 2 atom stereocenters. The topological polar surface area (TPSA) is 56.7 Å². The van der Waals surface area contributed by atoms with Gasteiger partial charge in [0.1, 0.15) is 6.08 Å². The number of aliphatic imine (C=N–C) groups is 1. The van der Waals surface area contributed by atoms with E-state index >= 15 is 0 Å². The van der Waals surface area contributed by atoms with Crippen LogP contribution < -0.4 is 10.4 Å². The van der Waals surface area contributed by atoms with E-state index in [-0.39, 0.29) is 6.04 Å². The molecule has 0 unspecified atom stereocenters. The van der Waals surface area contributed by atoms with Crippen LogP contribution >= 0.6 is 0 Å². The first kappa shape index (κ1) is 12.3. The minimum absolute atomic E-state index is 0.0635. The lowest BCUT2D eigenvalue weighted by Crippen LogP contribution is -2.41. The van der Waals surface area contributed by atoms with E-state index in [1.807, 2.05) is 20.8 Å². The van der Waals surface area contributed by atoms with Crippen LogP contribution in [0.4, 0.5) is 0 Å². The van der Waals surface area contributed by atoms with Gasteiger partial charge in [-0.3, -0.25) is 4.99 Å². The Kier molecular flexibility index (Phi) is 3.97. The SMILES string of the molecule is C[C@H]1CCNC[C@H]1N=C([O-])OC(C)(C)C. The number of hydrogen-bond acceptors (Lipinski definition) is 4. The fourth-order valence-corrected chi connectivity index (χ4v) is 1.57. The van der Waals surface area contributed by atoms with Crippen molar-refractivity contribution in [2.75, 3.05) is 13.1 Å². The van der Waals surface area contributed by atoms with Crippen molar-refractivity contribution in [3.63, 3.8) is 0 Å². The Labute approximate surface area is 91.7 Å². The zero-order valence-corrected chi connectivity index (χ0v) is 10.0. The smallest absolute Gasteiger partial charge is 0.146 e. The zero-order chi connectivity index (χ0) is 11.5. The average molecular weight is 213 g/mol. The molecule has 0 aromatic carbocycles. The maximum absolute atomic E-state index is 11.5.